The number of carbonyl (C=O) groups is 1. The maximum absolute atomic E-state index is 10.7. The lowest BCUT2D eigenvalue weighted by Crippen LogP contribution is -2.39. The van der Waals surface area contributed by atoms with Crippen LogP contribution in [0.5, 0.6) is 0 Å². The van der Waals surface area contributed by atoms with Gasteiger partial charge in [0.15, 0.2) is 0 Å². The van der Waals surface area contributed by atoms with Gasteiger partial charge in [-0.05, 0) is 49.4 Å². The number of aldehydes is 1. The molecule has 92 valence electrons. The van der Waals surface area contributed by atoms with Gasteiger partial charge in [0.1, 0.15) is 6.29 Å². The molecule has 0 spiro atoms. The molecular formula is C14H18ClNO. The van der Waals surface area contributed by atoms with Crippen LogP contribution in [0.3, 0.4) is 0 Å². The number of halogens is 1. The maximum Gasteiger partial charge on any atom is 0.150 e. The van der Waals surface area contributed by atoms with E-state index in [0.29, 0.717) is 5.56 Å². The Morgan fingerprint density at radius 2 is 2.12 bits per heavy atom. The summed E-state index contributed by atoms with van der Waals surface area (Å²) in [7, 11) is 0. The lowest BCUT2D eigenvalue weighted by Gasteiger charge is -2.38. The molecule has 1 aromatic rings. The Morgan fingerprint density at radius 1 is 1.41 bits per heavy atom. The fourth-order valence-corrected chi connectivity index (χ4v) is 3.14. The summed E-state index contributed by atoms with van der Waals surface area (Å²) in [4.78, 5) is 10.7. The fraction of sp³-hybridized carbons (Fsp3) is 0.500. The highest BCUT2D eigenvalue weighted by Gasteiger charge is 2.33. The summed E-state index contributed by atoms with van der Waals surface area (Å²) in [6.45, 7) is 4.30. The molecule has 1 saturated heterocycles. The van der Waals surface area contributed by atoms with E-state index < -0.39 is 0 Å². The summed E-state index contributed by atoms with van der Waals surface area (Å²) in [5.74, 6) is 0. The summed E-state index contributed by atoms with van der Waals surface area (Å²) >= 11 is 6.33. The van der Waals surface area contributed by atoms with Crippen LogP contribution < -0.4 is 5.32 Å². The molecule has 0 radical (unpaired) electrons. The van der Waals surface area contributed by atoms with Crippen LogP contribution in [0.15, 0.2) is 18.2 Å². The van der Waals surface area contributed by atoms with Gasteiger partial charge in [0.2, 0.25) is 0 Å². The van der Waals surface area contributed by atoms with Crippen molar-refractivity contribution in [1.29, 1.82) is 0 Å². The van der Waals surface area contributed by atoms with Crippen LogP contribution in [0.4, 0.5) is 0 Å². The monoisotopic (exact) mass is 251 g/mol. The Bertz CT molecular complexity index is 411. The zero-order valence-corrected chi connectivity index (χ0v) is 10.9. The Labute approximate surface area is 107 Å². The quantitative estimate of drug-likeness (QED) is 0.836. The third-order valence-electron chi connectivity index (χ3n) is 3.94. The first-order valence-corrected chi connectivity index (χ1v) is 6.55. The topological polar surface area (TPSA) is 29.1 Å². The van der Waals surface area contributed by atoms with Crippen LogP contribution in [-0.4, -0.2) is 19.4 Å². The standard InChI is InChI=1S/C14H18ClNO/c1-2-14(5-7-16-8-6-14)12-4-3-11(10-17)9-13(12)15/h3-4,9-10,16H,2,5-8H2,1H3. The van der Waals surface area contributed by atoms with Gasteiger partial charge in [0, 0.05) is 10.6 Å². The second kappa shape index (κ2) is 5.19. The SMILES string of the molecule is CCC1(c2ccc(C=O)cc2Cl)CCNCC1. The number of hydrogen-bond donors (Lipinski definition) is 1. The van der Waals surface area contributed by atoms with Crippen molar-refractivity contribution in [1.82, 2.24) is 5.32 Å². The molecule has 1 heterocycles. The highest BCUT2D eigenvalue weighted by atomic mass is 35.5. The molecule has 0 saturated carbocycles. The average molecular weight is 252 g/mol. The number of rotatable bonds is 3. The molecule has 0 unspecified atom stereocenters. The molecule has 1 aliphatic heterocycles. The first-order valence-electron chi connectivity index (χ1n) is 6.18. The van der Waals surface area contributed by atoms with Crippen molar-refractivity contribution in [2.24, 2.45) is 0 Å². The Kier molecular flexibility index (Phi) is 3.85. The predicted octanol–water partition coefficient (Wildman–Crippen LogP) is 3.18. The fourth-order valence-electron chi connectivity index (χ4n) is 2.75. The number of hydrogen-bond acceptors (Lipinski definition) is 2. The molecule has 1 fully saturated rings. The third-order valence-corrected chi connectivity index (χ3v) is 4.25. The number of piperidine rings is 1. The van der Waals surface area contributed by atoms with E-state index in [2.05, 4.69) is 12.2 Å². The van der Waals surface area contributed by atoms with Crippen LogP contribution in [0.1, 0.15) is 42.1 Å². The number of benzene rings is 1. The minimum absolute atomic E-state index is 0.184. The molecule has 2 rings (SSSR count). The molecule has 0 aliphatic carbocycles. The van der Waals surface area contributed by atoms with Gasteiger partial charge in [-0.3, -0.25) is 4.79 Å². The molecule has 0 aromatic heterocycles. The molecular weight excluding hydrogens is 234 g/mol. The van der Waals surface area contributed by atoms with Crippen LogP contribution in [-0.2, 0) is 5.41 Å². The van der Waals surface area contributed by atoms with E-state index in [1.807, 2.05) is 12.1 Å². The zero-order valence-electron chi connectivity index (χ0n) is 10.1. The maximum atomic E-state index is 10.7. The van der Waals surface area contributed by atoms with E-state index in [-0.39, 0.29) is 5.41 Å². The molecule has 1 N–H and O–H groups in total. The molecule has 2 nitrogen and oxygen atoms in total. The van der Waals surface area contributed by atoms with Crippen molar-refractivity contribution in [2.45, 2.75) is 31.6 Å². The van der Waals surface area contributed by atoms with E-state index in [9.17, 15) is 4.79 Å². The molecule has 3 heteroatoms. The van der Waals surface area contributed by atoms with Gasteiger partial charge in [-0.1, -0.05) is 30.7 Å². The van der Waals surface area contributed by atoms with E-state index >= 15 is 0 Å². The Morgan fingerprint density at radius 3 is 2.65 bits per heavy atom. The summed E-state index contributed by atoms with van der Waals surface area (Å²) in [5, 5.41) is 4.12. The van der Waals surface area contributed by atoms with Crippen LogP contribution in [0, 0.1) is 0 Å². The second-order valence-corrected chi connectivity index (χ2v) is 5.15. The smallest absolute Gasteiger partial charge is 0.150 e. The van der Waals surface area contributed by atoms with Crippen LogP contribution in [0.2, 0.25) is 5.02 Å². The molecule has 17 heavy (non-hydrogen) atoms. The second-order valence-electron chi connectivity index (χ2n) is 4.74. The largest absolute Gasteiger partial charge is 0.317 e. The van der Waals surface area contributed by atoms with Gasteiger partial charge in [-0.15, -0.1) is 0 Å². The first-order chi connectivity index (χ1) is 8.22. The summed E-state index contributed by atoms with van der Waals surface area (Å²) < 4.78 is 0. The molecule has 0 atom stereocenters. The van der Waals surface area contributed by atoms with E-state index in [1.165, 1.54) is 5.56 Å². The summed E-state index contributed by atoms with van der Waals surface area (Å²) in [5.41, 5.74) is 2.04. The summed E-state index contributed by atoms with van der Waals surface area (Å²) in [6.07, 6.45) is 4.17. The van der Waals surface area contributed by atoms with Crippen LogP contribution >= 0.6 is 11.6 Å². The Hall–Kier alpha value is -0.860. The normalized spacial score (nSPS) is 18.9. The van der Waals surface area contributed by atoms with E-state index in [1.54, 1.807) is 6.07 Å². The molecule has 0 amide bonds. The van der Waals surface area contributed by atoms with Crippen molar-refractivity contribution in [3.8, 4) is 0 Å². The Balaban J connectivity index is 2.39. The first kappa shape index (κ1) is 12.6. The predicted molar refractivity (Wildman–Crippen MR) is 70.9 cm³/mol. The highest BCUT2D eigenvalue weighted by Crippen LogP contribution is 2.40. The van der Waals surface area contributed by atoms with Gasteiger partial charge in [-0.25, -0.2) is 0 Å². The van der Waals surface area contributed by atoms with Crippen molar-refractivity contribution in [3.63, 3.8) is 0 Å². The zero-order chi connectivity index (χ0) is 12.3. The minimum Gasteiger partial charge on any atom is -0.317 e. The van der Waals surface area contributed by atoms with Gasteiger partial charge >= 0.3 is 0 Å². The van der Waals surface area contributed by atoms with Crippen molar-refractivity contribution < 1.29 is 4.79 Å². The van der Waals surface area contributed by atoms with Crippen molar-refractivity contribution >= 4 is 17.9 Å². The van der Waals surface area contributed by atoms with Gasteiger partial charge in [-0.2, -0.15) is 0 Å². The number of nitrogens with one attached hydrogen (secondary N) is 1. The minimum atomic E-state index is 0.184. The molecule has 1 aromatic carbocycles. The van der Waals surface area contributed by atoms with Gasteiger partial charge in [0.05, 0.1) is 0 Å². The molecule has 0 bridgehead atoms. The van der Waals surface area contributed by atoms with Crippen molar-refractivity contribution in [2.75, 3.05) is 13.1 Å². The third kappa shape index (κ3) is 2.38. The van der Waals surface area contributed by atoms with E-state index in [0.717, 1.165) is 43.7 Å². The summed E-state index contributed by atoms with van der Waals surface area (Å²) in [6, 6.07) is 5.68. The van der Waals surface area contributed by atoms with Crippen LogP contribution in [0.25, 0.3) is 0 Å². The van der Waals surface area contributed by atoms with E-state index in [4.69, 9.17) is 11.6 Å². The van der Waals surface area contributed by atoms with Gasteiger partial charge < -0.3 is 5.32 Å². The molecule has 1 aliphatic rings. The lowest BCUT2D eigenvalue weighted by atomic mass is 9.71. The van der Waals surface area contributed by atoms with Crippen molar-refractivity contribution in [3.05, 3.63) is 34.3 Å². The average Bonchev–Trinajstić information content (AvgIpc) is 2.39. The number of carbonyl (C=O) groups excluding carboxylic acids is 1. The highest BCUT2D eigenvalue weighted by molar-refractivity contribution is 6.31. The lowest BCUT2D eigenvalue weighted by molar-refractivity contribution is 0.112. The van der Waals surface area contributed by atoms with Gasteiger partial charge in [0.25, 0.3) is 0 Å².